The minimum absolute atomic E-state index is 0.0338. The third-order valence-electron chi connectivity index (χ3n) is 3.36. The lowest BCUT2D eigenvalue weighted by molar-refractivity contribution is 0.239. The van der Waals surface area contributed by atoms with Crippen molar-refractivity contribution < 1.29 is 9.26 Å². The van der Waals surface area contributed by atoms with Crippen molar-refractivity contribution in [2.24, 2.45) is 5.73 Å². The van der Waals surface area contributed by atoms with Gasteiger partial charge in [-0.3, -0.25) is 4.98 Å². The molecule has 0 aromatic carbocycles. The third-order valence-corrected chi connectivity index (χ3v) is 3.36. The number of nitrogens with zero attached hydrogens (tertiary/aromatic N) is 3. The second kappa shape index (κ2) is 5.81. The molecule has 1 aliphatic carbocycles. The van der Waals surface area contributed by atoms with Crippen LogP contribution in [0.2, 0.25) is 0 Å². The number of ether oxygens (including phenoxy) is 1. The van der Waals surface area contributed by atoms with E-state index in [9.17, 15) is 0 Å². The summed E-state index contributed by atoms with van der Waals surface area (Å²) in [5.74, 6) is 2.51. The minimum Gasteiger partial charge on any atom is -0.482 e. The molecule has 6 heteroatoms. The Bertz CT molecular complexity index is 620. The summed E-state index contributed by atoms with van der Waals surface area (Å²) in [5.41, 5.74) is 7.68. The Morgan fingerprint density at radius 3 is 2.90 bits per heavy atom. The lowest BCUT2D eigenvalue weighted by Gasteiger charge is -2.11. The van der Waals surface area contributed by atoms with Crippen molar-refractivity contribution in [1.29, 1.82) is 0 Å². The van der Waals surface area contributed by atoms with E-state index in [2.05, 4.69) is 15.1 Å². The van der Waals surface area contributed by atoms with Crippen LogP contribution in [0.4, 0.5) is 0 Å². The van der Waals surface area contributed by atoms with Crippen LogP contribution in [-0.2, 0) is 13.0 Å². The van der Waals surface area contributed by atoms with Gasteiger partial charge in [-0.1, -0.05) is 5.16 Å². The van der Waals surface area contributed by atoms with E-state index in [0.29, 0.717) is 18.2 Å². The molecule has 1 unspecified atom stereocenters. The highest BCUT2D eigenvalue weighted by Crippen LogP contribution is 2.38. The van der Waals surface area contributed by atoms with Crippen molar-refractivity contribution >= 4 is 0 Å². The second-order valence-corrected chi connectivity index (χ2v) is 5.69. The predicted octanol–water partition coefficient (Wildman–Crippen LogP) is 2.12. The molecule has 1 aliphatic rings. The lowest BCUT2D eigenvalue weighted by Crippen LogP contribution is -2.19. The first-order valence-corrected chi connectivity index (χ1v) is 7.29. The maximum Gasteiger partial charge on any atom is 0.264 e. The predicted molar refractivity (Wildman–Crippen MR) is 76.9 cm³/mol. The molecule has 3 rings (SSSR count). The second-order valence-electron chi connectivity index (χ2n) is 5.69. The van der Waals surface area contributed by atoms with Crippen molar-refractivity contribution in [3.63, 3.8) is 0 Å². The van der Waals surface area contributed by atoms with E-state index in [-0.39, 0.29) is 12.6 Å². The van der Waals surface area contributed by atoms with Gasteiger partial charge >= 0.3 is 0 Å². The molecule has 2 aromatic heterocycles. The number of pyridine rings is 1. The molecule has 2 heterocycles. The van der Waals surface area contributed by atoms with Crippen molar-refractivity contribution in [2.75, 3.05) is 0 Å². The molecule has 1 atom stereocenters. The molecular formula is C15H20N4O2. The number of aromatic nitrogens is 3. The zero-order valence-corrected chi connectivity index (χ0v) is 12.4. The summed E-state index contributed by atoms with van der Waals surface area (Å²) in [7, 11) is 0. The summed E-state index contributed by atoms with van der Waals surface area (Å²) in [6, 6.07) is 3.87. The quantitative estimate of drug-likeness (QED) is 0.876. The van der Waals surface area contributed by atoms with Crippen molar-refractivity contribution in [3.05, 3.63) is 35.2 Å². The van der Waals surface area contributed by atoms with Crippen LogP contribution in [0.5, 0.6) is 5.75 Å². The molecule has 0 bridgehead atoms. The molecule has 0 aliphatic heterocycles. The lowest BCUT2D eigenvalue weighted by atomic mass is 10.1. The summed E-state index contributed by atoms with van der Waals surface area (Å²) in [6.07, 6.45) is 2.98. The average Bonchev–Trinajstić information content (AvgIpc) is 3.17. The van der Waals surface area contributed by atoms with E-state index in [4.69, 9.17) is 15.0 Å². The molecule has 0 saturated heterocycles. The number of nitrogens with two attached hydrogens (primary N) is 1. The normalized spacial score (nSPS) is 16.0. The van der Waals surface area contributed by atoms with Gasteiger partial charge in [-0.25, -0.2) is 0 Å². The molecule has 112 valence electrons. The maximum atomic E-state index is 5.86. The summed E-state index contributed by atoms with van der Waals surface area (Å²) in [6.45, 7) is 4.17. The summed E-state index contributed by atoms with van der Waals surface area (Å²) in [5, 5.41) is 3.97. The minimum atomic E-state index is 0.0338. The highest BCUT2D eigenvalue weighted by atomic mass is 16.5. The standard InChI is InChI=1S/C15H20N4O2/c1-9(16)7-12-13(6-3-10(2)17-12)20-8-14-18-15(19-21-14)11-4-5-11/h3,6,9,11H,4-5,7-8,16H2,1-2H3. The van der Waals surface area contributed by atoms with Crippen molar-refractivity contribution in [2.45, 2.75) is 51.7 Å². The first-order valence-electron chi connectivity index (χ1n) is 7.29. The molecule has 6 nitrogen and oxygen atoms in total. The number of hydrogen-bond acceptors (Lipinski definition) is 6. The van der Waals surface area contributed by atoms with Gasteiger partial charge in [0.1, 0.15) is 5.75 Å². The SMILES string of the molecule is Cc1ccc(OCc2nc(C3CC3)no2)c(CC(C)N)n1. The molecule has 0 radical (unpaired) electrons. The summed E-state index contributed by atoms with van der Waals surface area (Å²) in [4.78, 5) is 8.84. The van der Waals surface area contributed by atoms with Crippen LogP contribution in [0.3, 0.4) is 0 Å². The molecule has 1 fully saturated rings. The van der Waals surface area contributed by atoms with E-state index < -0.39 is 0 Å². The van der Waals surface area contributed by atoms with Crippen LogP contribution in [0.1, 0.15) is 48.8 Å². The molecule has 0 amide bonds. The van der Waals surface area contributed by atoms with Crippen LogP contribution < -0.4 is 10.5 Å². The Kier molecular flexibility index (Phi) is 3.88. The van der Waals surface area contributed by atoms with Crippen LogP contribution >= 0.6 is 0 Å². The molecule has 0 spiro atoms. The van der Waals surface area contributed by atoms with Gasteiger partial charge in [0, 0.05) is 24.1 Å². The number of rotatable bonds is 6. The Hall–Kier alpha value is -1.95. The van der Waals surface area contributed by atoms with Gasteiger partial charge in [-0.2, -0.15) is 4.98 Å². The highest BCUT2D eigenvalue weighted by Gasteiger charge is 2.28. The van der Waals surface area contributed by atoms with Gasteiger partial charge in [0.05, 0.1) is 5.69 Å². The number of hydrogen-bond donors (Lipinski definition) is 1. The zero-order chi connectivity index (χ0) is 14.8. The number of aryl methyl sites for hydroxylation is 1. The Morgan fingerprint density at radius 2 is 2.19 bits per heavy atom. The summed E-state index contributed by atoms with van der Waals surface area (Å²) < 4.78 is 11.0. The van der Waals surface area contributed by atoms with Gasteiger partial charge in [-0.05, 0) is 38.8 Å². The van der Waals surface area contributed by atoms with Crippen LogP contribution in [0.15, 0.2) is 16.7 Å². The molecular weight excluding hydrogens is 268 g/mol. The zero-order valence-electron chi connectivity index (χ0n) is 12.4. The Balaban J connectivity index is 1.68. The van der Waals surface area contributed by atoms with Crippen molar-refractivity contribution in [1.82, 2.24) is 15.1 Å². The molecule has 21 heavy (non-hydrogen) atoms. The fourth-order valence-corrected chi connectivity index (χ4v) is 2.15. The van der Waals surface area contributed by atoms with Crippen LogP contribution in [0, 0.1) is 6.92 Å². The molecule has 1 saturated carbocycles. The van der Waals surface area contributed by atoms with E-state index in [1.165, 1.54) is 0 Å². The van der Waals surface area contributed by atoms with E-state index >= 15 is 0 Å². The Morgan fingerprint density at radius 1 is 1.38 bits per heavy atom. The fraction of sp³-hybridized carbons (Fsp3) is 0.533. The van der Waals surface area contributed by atoms with E-state index in [1.807, 2.05) is 26.0 Å². The largest absolute Gasteiger partial charge is 0.482 e. The van der Waals surface area contributed by atoms with Gasteiger partial charge in [-0.15, -0.1) is 0 Å². The third kappa shape index (κ3) is 3.58. The maximum absolute atomic E-state index is 5.86. The smallest absolute Gasteiger partial charge is 0.264 e. The molecule has 2 aromatic rings. The monoisotopic (exact) mass is 288 g/mol. The van der Waals surface area contributed by atoms with Crippen molar-refractivity contribution in [3.8, 4) is 5.75 Å². The topological polar surface area (TPSA) is 87.1 Å². The van der Waals surface area contributed by atoms with Gasteiger partial charge in [0.25, 0.3) is 5.89 Å². The van der Waals surface area contributed by atoms with Crippen LogP contribution in [-0.4, -0.2) is 21.2 Å². The van der Waals surface area contributed by atoms with Crippen LogP contribution in [0.25, 0.3) is 0 Å². The van der Waals surface area contributed by atoms with Gasteiger partial charge in [0.2, 0.25) is 0 Å². The van der Waals surface area contributed by atoms with Gasteiger partial charge in [0.15, 0.2) is 12.4 Å². The summed E-state index contributed by atoms with van der Waals surface area (Å²) >= 11 is 0. The van der Waals surface area contributed by atoms with Gasteiger partial charge < -0.3 is 15.0 Å². The van der Waals surface area contributed by atoms with E-state index in [1.54, 1.807) is 0 Å². The Labute approximate surface area is 123 Å². The first-order chi connectivity index (χ1) is 10.1. The fourth-order valence-electron chi connectivity index (χ4n) is 2.15. The molecule has 2 N–H and O–H groups in total. The first kappa shape index (κ1) is 14.0. The van der Waals surface area contributed by atoms with E-state index in [0.717, 1.165) is 35.8 Å². The average molecular weight is 288 g/mol. The highest BCUT2D eigenvalue weighted by molar-refractivity contribution is 5.30.